The monoisotopic (exact) mass is 448 g/mol. The highest BCUT2D eigenvalue weighted by Crippen LogP contribution is 2.29. The van der Waals surface area contributed by atoms with E-state index in [9.17, 15) is 4.79 Å². The van der Waals surface area contributed by atoms with E-state index < -0.39 is 0 Å². The van der Waals surface area contributed by atoms with Gasteiger partial charge in [0.25, 0.3) is 0 Å². The van der Waals surface area contributed by atoms with E-state index in [-0.39, 0.29) is 17.8 Å². The van der Waals surface area contributed by atoms with Crippen molar-refractivity contribution in [3.05, 3.63) is 34.6 Å². The van der Waals surface area contributed by atoms with Crippen LogP contribution in [-0.4, -0.2) is 42.7 Å². The van der Waals surface area contributed by atoms with Gasteiger partial charge in [-0.1, -0.05) is 29.2 Å². The Morgan fingerprint density at radius 2 is 2.00 bits per heavy atom. The van der Waals surface area contributed by atoms with Crippen molar-refractivity contribution >= 4 is 34.1 Å². The molecule has 0 saturated heterocycles. The van der Waals surface area contributed by atoms with Crippen LogP contribution < -0.4 is 14.8 Å². The van der Waals surface area contributed by atoms with E-state index in [1.54, 1.807) is 6.92 Å². The van der Waals surface area contributed by atoms with E-state index >= 15 is 0 Å². The Bertz CT molecular complexity index is 1020. The maximum absolute atomic E-state index is 12.4. The van der Waals surface area contributed by atoms with Gasteiger partial charge in [-0.15, -0.1) is 20.4 Å². The zero-order valence-corrected chi connectivity index (χ0v) is 19.1. The number of ether oxygens (including phenoxy) is 2. The summed E-state index contributed by atoms with van der Waals surface area (Å²) in [5.41, 5.74) is 1.10. The van der Waals surface area contributed by atoms with Crippen molar-refractivity contribution in [3.8, 4) is 11.5 Å². The molecule has 2 aromatic heterocycles. The SMILES string of the molecule is CCOc1cc(C)ccc1OCc1nnc(SC(C)C(=O)Nc2nnc(C)s2)n1C. The van der Waals surface area contributed by atoms with Gasteiger partial charge in [-0.05, 0) is 45.4 Å². The number of thioether (sulfide) groups is 1. The number of aryl methyl sites for hydroxylation is 2. The molecule has 0 fully saturated rings. The molecule has 1 N–H and O–H groups in total. The number of carbonyl (C=O) groups is 1. The number of rotatable bonds is 9. The first-order valence-electron chi connectivity index (χ1n) is 9.39. The van der Waals surface area contributed by atoms with Crippen LogP contribution in [0.25, 0.3) is 0 Å². The van der Waals surface area contributed by atoms with Crippen molar-refractivity contribution in [2.45, 2.75) is 44.7 Å². The lowest BCUT2D eigenvalue weighted by Crippen LogP contribution is -2.22. The predicted octanol–water partition coefficient (Wildman–Crippen LogP) is 3.38. The molecule has 2 heterocycles. The van der Waals surface area contributed by atoms with E-state index in [4.69, 9.17) is 9.47 Å². The molecule has 0 saturated carbocycles. The number of aromatic nitrogens is 5. The number of carbonyl (C=O) groups excluding carboxylic acids is 1. The van der Waals surface area contributed by atoms with Crippen LogP contribution in [0.4, 0.5) is 5.13 Å². The zero-order valence-electron chi connectivity index (χ0n) is 17.5. The van der Waals surface area contributed by atoms with Gasteiger partial charge < -0.3 is 14.0 Å². The van der Waals surface area contributed by atoms with Gasteiger partial charge in [-0.3, -0.25) is 10.1 Å². The summed E-state index contributed by atoms with van der Waals surface area (Å²) >= 11 is 2.65. The highest BCUT2D eigenvalue weighted by Gasteiger charge is 2.20. The topological polar surface area (TPSA) is 104 Å². The second-order valence-corrected chi connectivity index (χ2v) is 8.99. The van der Waals surface area contributed by atoms with E-state index in [0.29, 0.717) is 34.2 Å². The van der Waals surface area contributed by atoms with Crippen LogP contribution in [0.5, 0.6) is 11.5 Å². The number of benzene rings is 1. The van der Waals surface area contributed by atoms with E-state index in [0.717, 1.165) is 10.6 Å². The molecule has 0 aliphatic carbocycles. The maximum atomic E-state index is 12.4. The zero-order chi connectivity index (χ0) is 21.7. The first-order chi connectivity index (χ1) is 14.4. The summed E-state index contributed by atoms with van der Waals surface area (Å²) in [5, 5.41) is 20.5. The van der Waals surface area contributed by atoms with Crippen molar-refractivity contribution in [3.63, 3.8) is 0 Å². The fraction of sp³-hybridized carbons (Fsp3) is 0.421. The van der Waals surface area contributed by atoms with Gasteiger partial charge in [0.2, 0.25) is 11.0 Å². The Morgan fingerprint density at radius 1 is 1.20 bits per heavy atom. The van der Waals surface area contributed by atoms with Crippen LogP contribution in [0, 0.1) is 13.8 Å². The molecule has 0 bridgehead atoms. The molecule has 3 aromatic rings. The van der Waals surface area contributed by atoms with Crippen molar-refractivity contribution in [2.75, 3.05) is 11.9 Å². The van der Waals surface area contributed by atoms with Crippen molar-refractivity contribution in [2.24, 2.45) is 7.05 Å². The highest BCUT2D eigenvalue weighted by atomic mass is 32.2. The highest BCUT2D eigenvalue weighted by molar-refractivity contribution is 8.00. The molecule has 0 spiro atoms. The molecule has 9 nitrogen and oxygen atoms in total. The Morgan fingerprint density at radius 3 is 2.70 bits per heavy atom. The molecular weight excluding hydrogens is 424 g/mol. The van der Waals surface area contributed by atoms with Crippen LogP contribution in [-0.2, 0) is 18.4 Å². The minimum atomic E-state index is -0.382. The fourth-order valence-electron chi connectivity index (χ4n) is 2.48. The molecule has 1 atom stereocenters. The number of nitrogens with zero attached hydrogens (tertiary/aromatic N) is 5. The molecule has 11 heteroatoms. The standard InChI is InChI=1S/C19H24N6O3S2/c1-6-27-15-9-11(2)7-8-14(15)28-10-16-22-24-19(25(16)5)29-12(3)17(26)20-18-23-21-13(4)30-18/h7-9,12H,6,10H2,1-5H3,(H,20,23,26). The lowest BCUT2D eigenvalue weighted by Gasteiger charge is -2.13. The van der Waals surface area contributed by atoms with Crippen molar-refractivity contribution in [1.82, 2.24) is 25.0 Å². The minimum absolute atomic E-state index is 0.169. The molecular formula is C19H24N6O3S2. The van der Waals surface area contributed by atoms with Crippen LogP contribution in [0.1, 0.15) is 30.2 Å². The Balaban J connectivity index is 1.61. The van der Waals surface area contributed by atoms with Gasteiger partial charge in [-0.2, -0.15) is 0 Å². The van der Waals surface area contributed by atoms with Gasteiger partial charge in [-0.25, -0.2) is 0 Å². The third-order valence-electron chi connectivity index (χ3n) is 4.09. The average Bonchev–Trinajstić information content (AvgIpc) is 3.27. The Labute approximate surface area is 183 Å². The van der Waals surface area contributed by atoms with Crippen LogP contribution >= 0.6 is 23.1 Å². The third-order valence-corrected chi connectivity index (χ3v) is 5.98. The lowest BCUT2D eigenvalue weighted by molar-refractivity contribution is -0.115. The average molecular weight is 449 g/mol. The molecule has 1 unspecified atom stereocenters. The number of hydrogen-bond acceptors (Lipinski definition) is 9. The molecule has 1 aromatic carbocycles. The number of nitrogens with one attached hydrogen (secondary N) is 1. The second-order valence-electron chi connectivity index (χ2n) is 6.51. The third kappa shape index (κ3) is 5.48. The Hall–Kier alpha value is -2.66. The van der Waals surface area contributed by atoms with Gasteiger partial charge in [0, 0.05) is 7.05 Å². The summed E-state index contributed by atoms with van der Waals surface area (Å²) in [4.78, 5) is 12.4. The van der Waals surface area contributed by atoms with Crippen LogP contribution in [0.3, 0.4) is 0 Å². The van der Waals surface area contributed by atoms with Gasteiger partial charge in [0.1, 0.15) is 11.6 Å². The van der Waals surface area contributed by atoms with E-state index in [2.05, 4.69) is 25.7 Å². The Kier molecular flexibility index (Phi) is 7.27. The first kappa shape index (κ1) is 22.0. The molecule has 0 aliphatic rings. The van der Waals surface area contributed by atoms with Gasteiger partial charge >= 0.3 is 0 Å². The molecule has 0 aliphatic heterocycles. The van der Waals surface area contributed by atoms with E-state index in [1.165, 1.54) is 23.1 Å². The largest absolute Gasteiger partial charge is 0.490 e. The van der Waals surface area contributed by atoms with Crippen molar-refractivity contribution in [1.29, 1.82) is 0 Å². The van der Waals surface area contributed by atoms with Crippen molar-refractivity contribution < 1.29 is 14.3 Å². The van der Waals surface area contributed by atoms with Crippen LogP contribution in [0.2, 0.25) is 0 Å². The molecule has 0 radical (unpaired) electrons. The second kappa shape index (κ2) is 9.90. The summed E-state index contributed by atoms with van der Waals surface area (Å²) in [7, 11) is 1.85. The van der Waals surface area contributed by atoms with Crippen LogP contribution in [0.15, 0.2) is 23.4 Å². The summed E-state index contributed by atoms with van der Waals surface area (Å²) < 4.78 is 13.4. The minimum Gasteiger partial charge on any atom is -0.490 e. The number of amides is 1. The summed E-state index contributed by atoms with van der Waals surface area (Å²) in [5.74, 6) is 1.83. The normalized spacial score (nSPS) is 11.9. The lowest BCUT2D eigenvalue weighted by atomic mass is 10.2. The van der Waals surface area contributed by atoms with Gasteiger partial charge in [0.15, 0.2) is 22.5 Å². The molecule has 160 valence electrons. The smallest absolute Gasteiger partial charge is 0.239 e. The maximum Gasteiger partial charge on any atom is 0.239 e. The van der Waals surface area contributed by atoms with E-state index in [1.807, 2.05) is 50.6 Å². The first-order valence-corrected chi connectivity index (χ1v) is 11.1. The summed E-state index contributed by atoms with van der Waals surface area (Å²) in [6.07, 6.45) is 0. The van der Waals surface area contributed by atoms with Gasteiger partial charge in [0.05, 0.1) is 11.9 Å². The molecule has 30 heavy (non-hydrogen) atoms. The molecule has 3 rings (SSSR count). The molecule has 1 amide bonds. The quantitative estimate of drug-likeness (QED) is 0.497. The summed E-state index contributed by atoms with van der Waals surface area (Å²) in [6.45, 7) is 8.37. The number of hydrogen-bond donors (Lipinski definition) is 1. The fourth-order valence-corrected chi connectivity index (χ4v) is 3.91. The number of anilines is 1. The predicted molar refractivity (Wildman–Crippen MR) is 116 cm³/mol. The summed E-state index contributed by atoms with van der Waals surface area (Å²) in [6, 6.07) is 5.79.